The number of piperidine rings is 1. The standard InChI is InChI=1S/C26H33N5O2/c1-2-33-21-12-10-19(11-13-21)17-23(32)31-16-6-14-26(18-31)25(28-20-7-3-4-8-20)29-24-22(30-26)9-5-15-27-24/h5,9-13,15,20,30H,2-4,6-8,14,16-18H2,1H3,(H,27,28,29)/t26-/m1/s1. The average Bonchev–Trinajstić information content (AvgIpc) is 3.34. The Hall–Kier alpha value is -3.09. The number of aromatic nitrogens is 1. The maximum Gasteiger partial charge on any atom is 0.227 e. The fourth-order valence-corrected chi connectivity index (χ4v) is 5.25. The quantitative estimate of drug-likeness (QED) is 0.716. The van der Waals surface area contributed by atoms with Crippen molar-refractivity contribution < 1.29 is 9.53 Å². The molecule has 1 saturated heterocycles. The molecule has 2 N–H and O–H groups in total. The number of rotatable bonds is 5. The lowest BCUT2D eigenvalue weighted by molar-refractivity contribution is -0.131. The number of ether oxygens (including phenoxy) is 1. The third-order valence-corrected chi connectivity index (χ3v) is 6.94. The molecule has 3 aliphatic rings. The number of amides is 1. The molecule has 1 aromatic carbocycles. The monoisotopic (exact) mass is 447 g/mol. The molecule has 1 aliphatic carbocycles. The highest BCUT2D eigenvalue weighted by molar-refractivity contribution is 6.09. The van der Waals surface area contributed by atoms with Crippen LogP contribution >= 0.6 is 0 Å². The average molecular weight is 448 g/mol. The van der Waals surface area contributed by atoms with Gasteiger partial charge in [-0.3, -0.25) is 9.79 Å². The highest BCUT2D eigenvalue weighted by atomic mass is 16.5. The molecule has 0 unspecified atom stereocenters. The predicted octanol–water partition coefficient (Wildman–Crippen LogP) is 4.26. The van der Waals surface area contributed by atoms with Crippen LogP contribution in [-0.2, 0) is 11.2 Å². The summed E-state index contributed by atoms with van der Waals surface area (Å²) in [5, 5.41) is 7.28. The fraction of sp³-hybridized carbons (Fsp3) is 0.500. The predicted molar refractivity (Wildman–Crippen MR) is 131 cm³/mol. The summed E-state index contributed by atoms with van der Waals surface area (Å²) in [5.41, 5.74) is 1.58. The largest absolute Gasteiger partial charge is 0.494 e. The van der Waals surface area contributed by atoms with Crippen molar-refractivity contribution in [2.75, 3.05) is 30.3 Å². The normalized spacial score (nSPS) is 23.8. The third kappa shape index (κ3) is 4.68. The number of likely N-dealkylation sites (tertiary alicyclic amines) is 1. The van der Waals surface area contributed by atoms with Gasteiger partial charge in [0, 0.05) is 12.7 Å². The molecule has 174 valence electrons. The summed E-state index contributed by atoms with van der Waals surface area (Å²) in [6.07, 6.45) is 8.81. The van der Waals surface area contributed by atoms with Gasteiger partial charge < -0.3 is 20.3 Å². The summed E-state index contributed by atoms with van der Waals surface area (Å²) in [4.78, 5) is 25.0. The van der Waals surface area contributed by atoms with Crippen LogP contribution in [-0.4, -0.2) is 52.9 Å². The van der Waals surface area contributed by atoms with Crippen molar-refractivity contribution in [1.82, 2.24) is 9.88 Å². The van der Waals surface area contributed by atoms with Gasteiger partial charge in [0.2, 0.25) is 5.91 Å². The molecule has 7 nitrogen and oxygen atoms in total. The summed E-state index contributed by atoms with van der Waals surface area (Å²) in [7, 11) is 0. The lowest BCUT2D eigenvalue weighted by Gasteiger charge is -2.47. The summed E-state index contributed by atoms with van der Waals surface area (Å²) in [5.74, 6) is 2.75. The molecule has 0 radical (unpaired) electrons. The first-order valence-corrected chi connectivity index (χ1v) is 12.2. The fourth-order valence-electron chi connectivity index (χ4n) is 5.25. The number of benzene rings is 1. The number of carbonyl (C=O) groups excluding carboxylic acids is 1. The van der Waals surface area contributed by atoms with Crippen molar-refractivity contribution in [2.24, 2.45) is 4.99 Å². The highest BCUT2D eigenvalue weighted by Gasteiger charge is 2.45. The van der Waals surface area contributed by atoms with Crippen LogP contribution in [0.1, 0.15) is 51.0 Å². The Kier molecular flexibility index (Phi) is 6.20. The van der Waals surface area contributed by atoms with Crippen LogP contribution in [0, 0.1) is 0 Å². The lowest BCUT2D eigenvalue weighted by atomic mass is 9.85. The molecule has 1 amide bonds. The van der Waals surface area contributed by atoms with Gasteiger partial charge in [-0.15, -0.1) is 0 Å². The summed E-state index contributed by atoms with van der Waals surface area (Å²) >= 11 is 0. The van der Waals surface area contributed by atoms with Crippen LogP contribution < -0.4 is 15.4 Å². The zero-order valence-corrected chi connectivity index (χ0v) is 19.3. The molecule has 2 aliphatic heterocycles. The van der Waals surface area contributed by atoms with E-state index in [0.717, 1.165) is 60.9 Å². The van der Waals surface area contributed by atoms with Gasteiger partial charge >= 0.3 is 0 Å². The minimum atomic E-state index is -0.397. The van der Waals surface area contributed by atoms with E-state index in [-0.39, 0.29) is 5.91 Å². The number of nitrogens with zero attached hydrogens (tertiary/aromatic N) is 3. The number of aliphatic imine (C=N–C) groups is 1. The molecule has 7 heteroatoms. The number of pyridine rings is 1. The number of carbonyl (C=O) groups is 1. The van der Waals surface area contributed by atoms with Crippen LogP contribution in [0.3, 0.4) is 0 Å². The Morgan fingerprint density at radius 3 is 2.82 bits per heavy atom. The van der Waals surface area contributed by atoms with E-state index in [4.69, 9.17) is 9.73 Å². The van der Waals surface area contributed by atoms with Crippen LogP contribution in [0.25, 0.3) is 0 Å². The first-order valence-electron chi connectivity index (χ1n) is 12.2. The van der Waals surface area contributed by atoms with Crippen molar-refractivity contribution in [2.45, 2.75) is 63.5 Å². The van der Waals surface area contributed by atoms with Gasteiger partial charge in [-0.05, 0) is 62.4 Å². The Labute approximate surface area is 195 Å². The molecule has 1 spiro atoms. The number of amidine groups is 1. The minimum absolute atomic E-state index is 0.150. The number of fused-ring (bicyclic) bond motifs is 1. The Morgan fingerprint density at radius 2 is 2.03 bits per heavy atom. The van der Waals surface area contributed by atoms with E-state index in [2.05, 4.69) is 15.6 Å². The van der Waals surface area contributed by atoms with Gasteiger partial charge in [0.25, 0.3) is 0 Å². The summed E-state index contributed by atoms with van der Waals surface area (Å²) in [6.45, 7) is 3.99. The smallest absolute Gasteiger partial charge is 0.227 e. The number of nitrogens with one attached hydrogen (secondary N) is 2. The van der Waals surface area contributed by atoms with Crippen molar-refractivity contribution in [3.63, 3.8) is 0 Å². The van der Waals surface area contributed by atoms with Gasteiger partial charge in [-0.1, -0.05) is 25.0 Å². The van der Waals surface area contributed by atoms with E-state index in [1.54, 1.807) is 6.20 Å². The number of anilines is 2. The van der Waals surface area contributed by atoms with Gasteiger partial charge in [0.15, 0.2) is 5.82 Å². The molecule has 3 heterocycles. The topological polar surface area (TPSA) is 78.8 Å². The first-order chi connectivity index (χ1) is 16.1. The molecule has 2 fully saturated rings. The zero-order valence-electron chi connectivity index (χ0n) is 19.3. The van der Waals surface area contributed by atoms with Crippen LogP contribution in [0.2, 0.25) is 0 Å². The third-order valence-electron chi connectivity index (χ3n) is 6.94. The molecule has 1 aromatic heterocycles. The highest BCUT2D eigenvalue weighted by Crippen LogP contribution is 2.36. The van der Waals surface area contributed by atoms with E-state index >= 15 is 0 Å². The van der Waals surface area contributed by atoms with Crippen molar-refractivity contribution in [3.8, 4) is 5.75 Å². The Morgan fingerprint density at radius 1 is 1.21 bits per heavy atom. The van der Waals surface area contributed by atoms with E-state index < -0.39 is 5.54 Å². The Balaban J connectivity index is 1.36. The van der Waals surface area contributed by atoms with Gasteiger partial charge in [0.1, 0.15) is 17.1 Å². The molecular weight excluding hydrogens is 414 g/mol. The molecule has 2 aromatic rings. The second-order valence-corrected chi connectivity index (χ2v) is 9.32. The molecule has 1 saturated carbocycles. The molecule has 5 rings (SSSR count). The van der Waals surface area contributed by atoms with E-state index in [1.165, 1.54) is 12.8 Å². The van der Waals surface area contributed by atoms with Gasteiger partial charge in [-0.2, -0.15) is 0 Å². The maximum absolute atomic E-state index is 13.3. The SMILES string of the molecule is CCOc1ccc(CC(=O)N2CCC[C@]3(C2)Nc2cccnc2NC3=NC2CCCC2)cc1. The van der Waals surface area contributed by atoms with Crippen molar-refractivity contribution >= 4 is 23.2 Å². The number of hydrogen-bond acceptors (Lipinski definition) is 5. The molecular formula is C26H33N5O2. The van der Waals surface area contributed by atoms with Gasteiger partial charge in [0.05, 0.1) is 31.3 Å². The van der Waals surface area contributed by atoms with Crippen molar-refractivity contribution in [3.05, 3.63) is 48.2 Å². The second-order valence-electron chi connectivity index (χ2n) is 9.32. The minimum Gasteiger partial charge on any atom is -0.494 e. The van der Waals surface area contributed by atoms with Crippen LogP contribution in [0.15, 0.2) is 47.6 Å². The lowest BCUT2D eigenvalue weighted by Crippen LogP contribution is -2.63. The van der Waals surface area contributed by atoms with Crippen LogP contribution in [0.5, 0.6) is 5.75 Å². The number of hydrogen-bond donors (Lipinski definition) is 2. The Bertz CT molecular complexity index is 1020. The second kappa shape index (κ2) is 9.41. The van der Waals surface area contributed by atoms with Crippen molar-refractivity contribution in [1.29, 1.82) is 0 Å². The maximum atomic E-state index is 13.3. The zero-order chi connectivity index (χ0) is 22.7. The first kappa shape index (κ1) is 21.7. The van der Waals surface area contributed by atoms with Gasteiger partial charge in [-0.25, -0.2) is 4.98 Å². The molecule has 0 bridgehead atoms. The van der Waals surface area contributed by atoms with E-state index in [0.29, 0.717) is 25.6 Å². The van der Waals surface area contributed by atoms with E-state index in [9.17, 15) is 4.79 Å². The van der Waals surface area contributed by atoms with Crippen LogP contribution in [0.4, 0.5) is 11.5 Å². The summed E-state index contributed by atoms with van der Waals surface area (Å²) in [6, 6.07) is 12.2. The molecule has 33 heavy (non-hydrogen) atoms. The summed E-state index contributed by atoms with van der Waals surface area (Å²) < 4.78 is 5.52. The van der Waals surface area contributed by atoms with E-state index in [1.807, 2.05) is 48.2 Å². The molecule has 1 atom stereocenters.